The van der Waals surface area contributed by atoms with Crippen molar-refractivity contribution in [2.45, 2.75) is 82.3 Å². The van der Waals surface area contributed by atoms with Crippen LogP contribution in [0.1, 0.15) is 50.3 Å². The van der Waals surface area contributed by atoms with Gasteiger partial charge in [-0.05, 0) is 50.6 Å². The first-order valence-electron chi connectivity index (χ1n) is 14.7. The Kier molecular flexibility index (Phi) is 8.57. The Morgan fingerprint density at radius 1 is 1.24 bits per heavy atom. The highest BCUT2D eigenvalue weighted by Crippen LogP contribution is 2.60. The lowest BCUT2D eigenvalue weighted by atomic mass is 9.82. The summed E-state index contributed by atoms with van der Waals surface area (Å²) >= 11 is 0. The Morgan fingerprint density at radius 3 is 2.67 bits per heavy atom. The molecule has 2 aromatic rings. The Labute approximate surface area is 246 Å². The van der Waals surface area contributed by atoms with Gasteiger partial charge in [0.1, 0.15) is 0 Å². The lowest BCUT2D eigenvalue weighted by Crippen LogP contribution is -2.46. The van der Waals surface area contributed by atoms with Crippen LogP contribution in [0.3, 0.4) is 0 Å². The van der Waals surface area contributed by atoms with E-state index in [0.717, 1.165) is 16.9 Å². The Hall–Kier alpha value is -3.13. The van der Waals surface area contributed by atoms with Gasteiger partial charge in [-0.25, -0.2) is 0 Å². The highest BCUT2D eigenvalue weighted by Gasteiger charge is 2.66. The number of ether oxygens (including phenoxy) is 2. The normalized spacial score (nSPS) is 25.3. The van der Waals surface area contributed by atoms with Crippen molar-refractivity contribution in [3.63, 3.8) is 0 Å². The molecule has 2 saturated heterocycles. The summed E-state index contributed by atoms with van der Waals surface area (Å²) in [6, 6.07) is 5.68. The molecule has 1 aromatic heterocycles. The number of nitrogens with zero attached hydrogens (tertiary/aromatic N) is 5. The molecule has 13 heteroatoms. The molecule has 228 valence electrons. The van der Waals surface area contributed by atoms with Crippen LogP contribution in [0, 0.1) is 5.92 Å². The van der Waals surface area contributed by atoms with Crippen LogP contribution < -0.4 is 9.80 Å². The van der Waals surface area contributed by atoms with E-state index in [0.29, 0.717) is 57.4 Å². The number of carbonyl (C=O) groups excluding carboxylic acids is 3. The Morgan fingerprint density at radius 2 is 2.02 bits per heavy atom. The van der Waals surface area contributed by atoms with Gasteiger partial charge in [-0.3, -0.25) is 19.1 Å². The molecule has 1 spiro atoms. The number of β-lactam (4-membered cyclic amide) rings is 1. The molecule has 0 aliphatic carbocycles. The maximum absolute atomic E-state index is 14.5. The Bertz CT molecular complexity index is 1340. The number of esters is 1. The van der Waals surface area contributed by atoms with E-state index in [4.69, 9.17) is 9.47 Å². The number of unbranched alkanes of at least 4 members (excludes halogenated alkanes) is 1. The average molecular weight is 600 g/mol. The number of benzene rings is 1. The summed E-state index contributed by atoms with van der Waals surface area (Å²) in [6.45, 7) is 7.27. The van der Waals surface area contributed by atoms with E-state index >= 15 is 0 Å². The van der Waals surface area contributed by atoms with Gasteiger partial charge < -0.3 is 29.2 Å². The Balaban J connectivity index is 1.47. The van der Waals surface area contributed by atoms with Crippen molar-refractivity contribution in [2.75, 3.05) is 36.6 Å². The predicted octanol–water partition coefficient (Wildman–Crippen LogP) is 2.13. The number of aryl methyl sites for hydroxylation is 1. The summed E-state index contributed by atoms with van der Waals surface area (Å²) in [7, 11) is -1.48. The smallest absolute Gasteiger partial charge is 0.305 e. The van der Waals surface area contributed by atoms with E-state index in [1.807, 2.05) is 38.2 Å². The van der Waals surface area contributed by atoms with E-state index in [2.05, 4.69) is 10.3 Å². The van der Waals surface area contributed by atoms with Crippen molar-refractivity contribution in [1.82, 2.24) is 15.0 Å². The molecule has 42 heavy (non-hydrogen) atoms. The van der Waals surface area contributed by atoms with E-state index < -0.39 is 20.0 Å². The van der Waals surface area contributed by atoms with Crippen LogP contribution in [0.5, 0.6) is 0 Å². The molecule has 0 radical (unpaired) electrons. The van der Waals surface area contributed by atoms with Gasteiger partial charge >= 0.3 is 5.97 Å². The molecule has 3 aliphatic heterocycles. The molecule has 0 bridgehead atoms. The van der Waals surface area contributed by atoms with Gasteiger partial charge in [-0.15, -0.1) is 5.10 Å². The fourth-order valence-electron chi connectivity index (χ4n) is 6.89. The second-order valence-corrected chi connectivity index (χ2v) is 16.1. The fourth-order valence-corrected chi connectivity index (χ4v) is 9.49. The molecule has 0 unspecified atom stereocenters. The van der Waals surface area contributed by atoms with Crippen LogP contribution in [-0.4, -0.2) is 83.9 Å². The molecule has 5 rings (SSSR count). The van der Waals surface area contributed by atoms with Crippen molar-refractivity contribution in [1.29, 1.82) is 0 Å². The molecule has 4 atom stereocenters. The number of amides is 2. The van der Waals surface area contributed by atoms with Crippen molar-refractivity contribution in [3.8, 4) is 0 Å². The monoisotopic (exact) mass is 599 g/mol. The minimum atomic E-state index is -2.84. The maximum Gasteiger partial charge on any atom is 0.305 e. The quantitative estimate of drug-likeness (QED) is 0.162. The molecule has 3 aliphatic rings. The van der Waals surface area contributed by atoms with Crippen LogP contribution >= 0.6 is 0 Å². The number of rotatable bonds is 12. The third kappa shape index (κ3) is 5.38. The summed E-state index contributed by atoms with van der Waals surface area (Å²) in [5.41, 5.74) is 1.33. The number of hydrogen-bond acceptors (Lipinski definition) is 9. The highest BCUT2D eigenvalue weighted by atomic mass is 28.4. The third-order valence-electron chi connectivity index (χ3n) is 8.97. The van der Waals surface area contributed by atoms with Crippen LogP contribution in [0.4, 0.5) is 11.4 Å². The molecule has 4 heterocycles. The van der Waals surface area contributed by atoms with E-state index in [-0.39, 0.29) is 42.3 Å². The summed E-state index contributed by atoms with van der Waals surface area (Å²) in [5, 5.41) is 17.5. The molecule has 1 aromatic carbocycles. The van der Waals surface area contributed by atoms with E-state index in [1.54, 1.807) is 20.7 Å². The minimum absolute atomic E-state index is 0.0113. The summed E-state index contributed by atoms with van der Waals surface area (Å²) < 4.78 is 13.4. The summed E-state index contributed by atoms with van der Waals surface area (Å²) in [4.78, 5) is 53.4. The predicted molar refractivity (Wildman–Crippen MR) is 156 cm³/mol. The molecule has 2 amide bonds. The lowest BCUT2D eigenvalue weighted by molar-refractivity contribution is -0.146. The van der Waals surface area contributed by atoms with E-state index in [1.165, 1.54) is 7.11 Å². The molecular weight excluding hydrogens is 558 g/mol. The zero-order chi connectivity index (χ0) is 30.2. The van der Waals surface area contributed by atoms with Crippen LogP contribution in [0.2, 0.25) is 18.6 Å². The van der Waals surface area contributed by atoms with Gasteiger partial charge in [-0.2, -0.15) is 0 Å². The number of aromatic nitrogens is 3. The number of anilines is 2. The molecular formula is C29H41N5O7Si. The van der Waals surface area contributed by atoms with Crippen LogP contribution in [-0.2, 0) is 42.4 Å². The number of hydrogen-bond donors (Lipinski definition) is 2. The number of aliphatic hydroxyl groups excluding tert-OH is 1. The molecule has 0 saturated carbocycles. The summed E-state index contributed by atoms with van der Waals surface area (Å²) in [5.74, 6) is -0.746. The highest BCUT2D eigenvalue weighted by molar-refractivity contribution is 6.71. The number of aliphatic hydroxyl groups is 1. The first-order valence-corrected chi connectivity index (χ1v) is 17.8. The van der Waals surface area contributed by atoms with Gasteiger partial charge in [0.05, 0.1) is 24.6 Å². The van der Waals surface area contributed by atoms with Crippen molar-refractivity contribution in [3.05, 3.63) is 35.7 Å². The largest absolute Gasteiger partial charge is 0.469 e. The first-order chi connectivity index (χ1) is 20.0. The fraction of sp³-hybridized carbons (Fsp3) is 0.621. The van der Waals surface area contributed by atoms with Gasteiger partial charge in [0.15, 0.2) is 13.9 Å². The zero-order valence-corrected chi connectivity index (χ0v) is 25.8. The second kappa shape index (κ2) is 11.9. The minimum Gasteiger partial charge on any atom is -0.469 e. The topological polar surface area (TPSA) is 147 Å². The molecule has 2 fully saturated rings. The third-order valence-corrected chi connectivity index (χ3v) is 11.5. The zero-order valence-electron chi connectivity index (χ0n) is 24.8. The standard InChI is InChI=1S/C29H41N5O7Si/c1-19-27(42(3,4)39)24(10-14-32-18-20(12-16-35)30-31-32)41-29(19)22-17-21(33-15-11-25(33)36)8-9-23(22)34(28(29)38)13-6-5-7-26(37)40-2/h8-9,17-19,24,27,35,39H,5-7,10-16H2,1-4H3/t19-,24+,27-,29+/m1/s1. The van der Waals surface area contributed by atoms with Gasteiger partial charge in [0.2, 0.25) is 5.91 Å². The van der Waals surface area contributed by atoms with Gasteiger partial charge in [0, 0.05) is 74.4 Å². The molecule has 2 N–H and O–H groups in total. The SMILES string of the molecule is COC(=O)CCCCN1C(=O)[C@@]2(O[C@@H](CCn3cc(CCO)nn3)[C@H]([Si](C)(C)O)[C@H]2C)c2cc(N3CCC3=O)ccc21. The van der Waals surface area contributed by atoms with Crippen molar-refractivity contribution < 1.29 is 33.8 Å². The van der Waals surface area contributed by atoms with E-state index in [9.17, 15) is 24.3 Å². The first kappa shape index (κ1) is 30.3. The molecule has 12 nitrogen and oxygen atoms in total. The van der Waals surface area contributed by atoms with Crippen LogP contribution in [0.15, 0.2) is 24.4 Å². The number of carbonyl (C=O) groups is 3. The van der Waals surface area contributed by atoms with Crippen molar-refractivity contribution in [2.24, 2.45) is 5.92 Å². The number of fused-ring (bicyclic) bond motifs is 2. The van der Waals surface area contributed by atoms with Crippen molar-refractivity contribution >= 4 is 37.5 Å². The second-order valence-electron chi connectivity index (χ2n) is 12.1. The van der Waals surface area contributed by atoms with Gasteiger partial charge in [-0.1, -0.05) is 12.1 Å². The lowest BCUT2D eigenvalue weighted by Gasteiger charge is -2.33. The average Bonchev–Trinajstić information content (AvgIpc) is 3.58. The summed E-state index contributed by atoms with van der Waals surface area (Å²) in [6.07, 6.45) is 4.27. The van der Waals surface area contributed by atoms with Gasteiger partial charge in [0.25, 0.3) is 5.91 Å². The maximum atomic E-state index is 14.5. The van der Waals surface area contributed by atoms with Crippen LogP contribution in [0.25, 0.3) is 0 Å². The number of methoxy groups -OCH3 is 1.